The monoisotopic (exact) mass is 315 g/mol. The van der Waals surface area contributed by atoms with E-state index < -0.39 is 4.92 Å². The second kappa shape index (κ2) is 6.39. The minimum atomic E-state index is -0.395. The Balaban J connectivity index is 3.33. The summed E-state index contributed by atoms with van der Waals surface area (Å²) in [6.07, 6.45) is 1.84. The topological polar surface area (TPSA) is 61.6 Å². The van der Waals surface area contributed by atoms with Gasteiger partial charge in [0.25, 0.3) is 0 Å². The van der Waals surface area contributed by atoms with E-state index in [9.17, 15) is 10.1 Å². The number of ether oxygens (including phenoxy) is 2. The van der Waals surface area contributed by atoms with Crippen LogP contribution >= 0.6 is 15.9 Å². The molecule has 0 saturated carbocycles. The van der Waals surface area contributed by atoms with Crippen molar-refractivity contribution in [3.8, 4) is 11.5 Å². The van der Waals surface area contributed by atoms with E-state index in [-0.39, 0.29) is 5.70 Å². The molecule has 98 valence electrons. The van der Waals surface area contributed by atoms with Crippen LogP contribution in [0.1, 0.15) is 18.9 Å². The fourth-order valence-electron chi connectivity index (χ4n) is 1.46. The molecule has 0 amide bonds. The largest absolute Gasteiger partial charge is 0.496 e. The number of halogens is 1. The lowest BCUT2D eigenvalue weighted by atomic mass is 10.1. The van der Waals surface area contributed by atoms with Crippen molar-refractivity contribution >= 4 is 22.0 Å². The first-order chi connectivity index (χ1) is 8.53. The Kier molecular flexibility index (Phi) is 5.15. The molecular formula is C12H14BrNO4. The molecule has 1 aromatic rings. The van der Waals surface area contributed by atoms with Gasteiger partial charge >= 0.3 is 0 Å². The maximum atomic E-state index is 10.8. The molecule has 0 fully saturated rings. The minimum absolute atomic E-state index is 0.123. The first-order valence-corrected chi connectivity index (χ1v) is 6.09. The van der Waals surface area contributed by atoms with Crippen LogP contribution in [0.25, 0.3) is 6.08 Å². The highest BCUT2D eigenvalue weighted by atomic mass is 79.9. The van der Waals surface area contributed by atoms with Crippen molar-refractivity contribution in [1.29, 1.82) is 0 Å². The molecule has 0 N–H and O–H groups in total. The fraction of sp³-hybridized carbons (Fsp3) is 0.333. The summed E-state index contributed by atoms with van der Waals surface area (Å²) in [6, 6.07) is 3.42. The molecule has 5 nitrogen and oxygen atoms in total. The SMILES string of the molecule is CC/C(=C\c1cc(OC)c(Br)cc1OC)[N+](=O)[O-]. The molecule has 0 aromatic heterocycles. The number of hydrogen-bond acceptors (Lipinski definition) is 4. The molecule has 0 aliphatic rings. The van der Waals surface area contributed by atoms with Gasteiger partial charge in [-0.25, -0.2) is 0 Å². The molecule has 18 heavy (non-hydrogen) atoms. The lowest BCUT2D eigenvalue weighted by molar-refractivity contribution is -0.425. The third-order valence-electron chi connectivity index (χ3n) is 2.42. The van der Waals surface area contributed by atoms with Gasteiger partial charge in [0.05, 0.1) is 23.6 Å². The number of rotatable bonds is 5. The third kappa shape index (κ3) is 3.22. The summed E-state index contributed by atoms with van der Waals surface area (Å²) in [5.74, 6) is 1.15. The second-order valence-electron chi connectivity index (χ2n) is 3.48. The second-order valence-corrected chi connectivity index (χ2v) is 4.33. The van der Waals surface area contributed by atoms with E-state index in [4.69, 9.17) is 9.47 Å². The summed E-state index contributed by atoms with van der Waals surface area (Å²) >= 11 is 3.33. The quantitative estimate of drug-likeness (QED) is 0.616. The van der Waals surface area contributed by atoms with E-state index in [1.54, 1.807) is 19.1 Å². The zero-order valence-corrected chi connectivity index (χ0v) is 12.0. The molecule has 1 aromatic carbocycles. The van der Waals surface area contributed by atoms with Crippen LogP contribution < -0.4 is 9.47 Å². The first kappa shape index (κ1) is 14.5. The highest BCUT2D eigenvalue weighted by molar-refractivity contribution is 9.10. The highest BCUT2D eigenvalue weighted by Gasteiger charge is 2.13. The smallest absolute Gasteiger partial charge is 0.246 e. The lowest BCUT2D eigenvalue weighted by Crippen LogP contribution is -1.98. The van der Waals surface area contributed by atoms with Gasteiger partial charge in [-0.2, -0.15) is 0 Å². The van der Waals surface area contributed by atoms with Gasteiger partial charge in [-0.05, 0) is 28.1 Å². The Hall–Kier alpha value is -1.56. The van der Waals surface area contributed by atoms with Crippen LogP contribution in [-0.2, 0) is 0 Å². The Bertz CT molecular complexity index is 485. The lowest BCUT2D eigenvalue weighted by Gasteiger charge is -2.09. The summed E-state index contributed by atoms with van der Waals surface area (Å²) in [5.41, 5.74) is 0.740. The molecule has 0 atom stereocenters. The Morgan fingerprint density at radius 1 is 1.39 bits per heavy atom. The van der Waals surface area contributed by atoms with Crippen LogP contribution in [0.3, 0.4) is 0 Å². The van der Waals surface area contributed by atoms with Crippen molar-refractivity contribution in [3.63, 3.8) is 0 Å². The zero-order valence-electron chi connectivity index (χ0n) is 10.4. The number of benzene rings is 1. The van der Waals surface area contributed by atoms with Gasteiger partial charge in [-0.15, -0.1) is 0 Å². The number of nitro groups is 1. The van der Waals surface area contributed by atoms with Crippen molar-refractivity contribution in [3.05, 3.63) is 38.0 Å². The molecule has 0 saturated heterocycles. The molecule has 0 unspecified atom stereocenters. The summed E-state index contributed by atoms with van der Waals surface area (Å²) in [5, 5.41) is 10.8. The van der Waals surface area contributed by atoms with E-state index in [0.29, 0.717) is 23.5 Å². The molecule has 0 radical (unpaired) electrons. The third-order valence-corrected chi connectivity index (χ3v) is 3.04. The van der Waals surface area contributed by atoms with Crippen molar-refractivity contribution < 1.29 is 14.4 Å². The van der Waals surface area contributed by atoms with E-state index >= 15 is 0 Å². The molecule has 0 aliphatic heterocycles. The molecule has 6 heteroatoms. The normalized spacial score (nSPS) is 11.2. The number of methoxy groups -OCH3 is 2. The summed E-state index contributed by atoms with van der Waals surface area (Å²) in [6.45, 7) is 1.73. The van der Waals surface area contributed by atoms with Crippen LogP contribution in [0.4, 0.5) is 0 Å². The Morgan fingerprint density at radius 2 is 2.00 bits per heavy atom. The van der Waals surface area contributed by atoms with Crippen molar-refractivity contribution in [2.45, 2.75) is 13.3 Å². The van der Waals surface area contributed by atoms with E-state index in [1.807, 2.05) is 0 Å². The molecular weight excluding hydrogens is 302 g/mol. The minimum Gasteiger partial charge on any atom is -0.496 e. The van der Waals surface area contributed by atoms with Crippen molar-refractivity contribution in [1.82, 2.24) is 0 Å². The maximum absolute atomic E-state index is 10.8. The van der Waals surface area contributed by atoms with Gasteiger partial charge in [0.15, 0.2) is 0 Å². The molecule has 0 heterocycles. The predicted molar refractivity (Wildman–Crippen MR) is 72.5 cm³/mol. The highest BCUT2D eigenvalue weighted by Crippen LogP contribution is 2.34. The maximum Gasteiger partial charge on any atom is 0.246 e. The van der Waals surface area contributed by atoms with Gasteiger partial charge in [-0.3, -0.25) is 10.1 Å². The Labute approximate surface area is 114 Å². The van der Waals surface area contributed by atoms with Crippen molar-refractivity contribution in [2.24, 2.45) is 0 Å². The van der Waals surface area contributed by atoms with Gasteiger partial charge in [0.1, 0.15) is 11.5 Å². The van der Waals surface area contributed by atoms with Crippen LogP contribution in [0.5, 0.6) is 11.5 Å². The zero-order chi connectivity index (χ0) is 13.7. The number of nitrogens with zero attached hydrogens (tertiary/aromatic N) is 1. The van der Waals surface area contributed by atoms with Gasteiger partial charge in [0.2, 0.25) is 5.70 Å². The van der Waals surface area contributed by atoms with Crippen LogP contribution in [0, 0.1) is 10.1 Å². The Morgan fingerprint density at radius 3 is 2.44 bits per heavy atom. The molecule has 0 spiro atoms. The predicted octanol–water partition coefficient (Wildman–Crippen LogP) is 3.49. The van der Waals surface area contributed by atoms with Crippen LogP contribution in [-0.4, -0.2) is 19.1 Å². The van der Waals surface area contributed by atoms with E-state index in [0.717, 1.165) is 4.47 Å². The molecule has 1 rings (SSSR count). The van der Waals surface area contributed by atoms with Gasteiger partial charge in [0, 0.05) is 18.1 Å². The summed E-state index contributed by atoms with van der Waals surface area (Å²) in [7, 11) is 3.05. The average Bonchev–Trinajstić information content (AvgIpc) is 2.36. The van der Waals surface area contributed by atoms with Gasteiger partial charge in [-0.1, -0.05) is 6.92 Å². The number of hydrogen-bond donors (Lipinski definition) is 0. The fourth-order valence-corrected chi connectivity index (χ4v) is 1.94. The number of allylic oxidation sites excluding steroid dienone is 1. The summed E-state index contributed by atoms with van der Waals surface area (Å²) in [4.78, 5) is 10.4. The summed E-state index contributed by atoms with van der Waals surface area (Å²) < 4.78 is 11.1. The van der Waals surface area contributed by atoms with E-state index in [1.165, 1.54) is 20.3 Å². The van der Waals surface area contributed by atoms with Crippen molar-refractivity contribution in [2.75, 3.05) is 14.2 Å². The first-order valence-electron chi connectivity index (χ1n) is 5.30. The van der Waals surface area contributed by atoms with Crippen LogP contribution in [0.2, 0.25) is 0 Å². The standard InChI is InChI=1S/C12H14BrNO4/c1-4-9(14(15)16)5-8-6-12(18-3)10(13)7-11(8)17-2/h5-7H,4H2,1-3H3/b9-5+. The van der Waals surface area contributed by atoms with E-state index in [2.05, 4.69) is 15.9 Å². The van der Waals surface area contributed by atoms with Crippen LogP contribution in [0.15, 0.2) is 22.3 Å². The molecule has 0 bridgehead atoms. The average molecular weight is 316 g/mol. The van der Waals surface area contributed by atoms with Gasteiger partial charge < -0.3 is 9.47 Å². The molecule has 0 aliphatic carbocycles.